The molecule has 1 rings (SSSR count). The van der Waals surface area contributed by atoms with Crippen molar-refractivity contribution in [2.75, 3.05) is 25.1 Å². The number of anilines is 1. The Morgan fingerprint density at radius 3 is 2.71 bits per heavy atom. The molecule has 0 aliphatic heterocycles. The highest BCUT2D eigenvalue weighted by atomic mass is 16.5. The monoisotopic (exact) mass is 236 g/mol. The first-order valence-electron chi connectivity index (χ1n) is 5.88. The number of hydrogen-bond donors (Lipinski definition) is 2. The highest BCUT2D eigenvalue weighted by Gasteiger charge is 2.05. The molecular weight excluding hydrogens is 216 g/mol. The van der Waals surface area contributed by atoms with Gasteiger partial charge in [-0.1, -0.05) is 18.2 Å². The van der Waals surface area contributed by atoms with Gasteiger partial charge >= 0.3 is 0 Å². The summed E-state index contributed by atoms with van der Waals surface area (Å²) < 4.78 is 5.25. The number of hydrogen-bond acceptors (Lipinski definition) is 3. The maximum Gasteiger partial charge on any atom is 0.238 e. The van der Waals surface area contributed by atoms with E-state index in [1.54, 1.807) is 0 Å². The summed E-state index contributed by atoms with van der Waals surface area (Å²) in [6.07, 6.45) is 0. The van der Waals surface area contributed by atoms with Gasteiger partial charge in [0.2, 0.25) is 5.91 Å². The average Bonchev–Trinajstić information content (AvgIpc) is 2.35. The van der Waals surface area contributed by atoms with Crippen LogP contribution in [0.4, 0.5) is 5.69 Å². The molecule has 0 aromatic heterocycles. The van der Waals surface area contributed by atoms with Crippen molar-refractivity contribution < 1.29 is 9.53 Å². The predicted octanol–water partition coefficient (Wildman–Crippen LogP) is 1.64. The summed E-state index contributed by atoms with van der Waals surface area (Å²) in [6.45, 7) is 5.56. The molecule has 1 amide bonds. The molecule has 1 aromatic carbocycles. The number of amides is 1. The SMILES string of the molecule is CCOCC(C)NCC(=O)Nc1ccccc1. The Hall–Kier alpha value is -1.39. The zero-order valence-corrected chi connectivity index (χ0v) is 10.4. The summed E-state index contributed by atoms with van der Waals surface area (Å²) in [6, 6.07) is 9.60. The molecule has 1 unspecified atom stereocenters. The first-order valence-corrected chi connectivity index (χ1v) is 5.88. The third-order valence-electron chi connectivity index (χ3n) is 2.24. The van der Waals surface area contributed by atoms with Crippen LogP contribution in [0.3, 0.4) is 0 Å². The first kappa shape index (κ1) is 13.7. The van der Waals surface area contributed by atoms with Crippen LogP contribution in [0.25, 0.3) is 0 Å². The van der Waals surface area contributed by atoms with Gasteiger partial charge in [-0.15, -0.1) is 0 Å². The van der Waals surface area contributed by atoms with E-state index >= 15 is 0 Å². The minimum Gasteiger partial charge on any atom is -0.380 e. The van der Waals surface area contributed by atoms with E-state index in [-0.39, 0.29) is 11.9 Å². The molecule has 0 saturated heterocycles. The molecule has 0 bridgehead atoms. The lowest BCUT2D eigenvalue weighted by Gasteiger charge is -2.13. The molecule has 4 nitrogen and oxygen atoms in total. The zero-order chi connectivity index (χ0) is 12.5. The second-order valence-corrected chi connectivity index (χ2v) is 3.86. The molecule has 1 aromatic rings. The van der Waals surface area contributed by atoms with Crippen LogP contribution in [0, 0.1) is 0 Å². The van der Waals surface area contributed by atoms with Crippen LogP contribution in [0.15, 0.2) is 30.3 Å². The number of para-hydroxylation sites is 1. The molecule has 4 heteroatoms. The molecular formula is C13H20N2O2. The summed E-state index contributed by atoms with van der Waals surface area (Å²) in [5, 5.41) is 5.91. The maximum absolute atomic E-state index is 11.6. The Bertz CT molecular complexity index is 327. The van der Waals surface area contributed by atoms with Crippen LogP contribution in [0.1, 0.15) is 13.8 Å². The average molecular weight is 236 g/mol. The third-order valence-corrected chi connectivity index (χ3v) is 2.24. The van der Waals surface area contributed by atoms with Crippen molar-refractivity contribution >= 4 is 11.6 Å². The Morgan fingerprint density at radius 2 is 2.06 bits per heavy atom. The van der Waals surface area contributed by atoms with Crippen molar-refractivity contribution in [3.05, 3.63) is 30.3 Å². The first-order chi connectivity index (χ1) is 8.22. The standard InChI is InChI=1S/C13H20N2O2/c1-3-17-10-11(2)14-9-13(16)15-12-7-5-4-6-8-12/h4-8,11,14H,3,9-10H2,1-2H3,(H,15,16). The molecule has 0 fully saturated rings. The molecule has 94 valence electrons. The smallest absolute Gasteiger partial charge is 0.238 e. The summed E-state index contributed by atoms with van der Waals surface area (Å²) in [7, 11) is 0. The highest BCUT2D eigenvalue weighted by Crippen LogP contribution is 2.03. The van der Waals surface area contributed by atoms with Gasteiger partial charge in [-0.3, -0.25) is 4.79 Å². The van der Waals surface area contributed by atoms with Crippen LogP contribution in [0.2, 0.25) is 0 Å². The van der Waals surface area contributed by atoms with Gasteiger partial charge in [-0.05, 0) is 26.0 Å². The predicted molar refractivity (Wildman–Crippen MR) is 69.0 cm³/mol. The Labute approximate surface area is 102 Å². The highest BCUT2D eigenvalue weighted by molar-refractivity contribution is 5.92. The Balaban J connectivity index is 2.21. The van der Waals surface area contributed by atoms with Crippen LogP contribution in [0.5, 0.6) is 0 Å². The Kier molecular flexibility index (Phi) is 6.29. The molecule has 0 aliphatic carbocycles. The van der Waals surface area contributed by atoms with Crippen molar-refractivity contribution in [1.82, 2.24) is 5.32 Å². The minimum absolute atomic E-state index is 0.0421. The lowest BCUT2D eigenvalue weighted by molar-refractivity contribution is -0.115. The molecule has 0 aliphatic rings. The van der Waals surface area contributed by atoms with Gasteiger partial charge in [0.05, 0.1) is 13.2 Å². The van der Waals surface area contributed by atoms with Crippen molar-refractivity contribution in [3.63, 3.8) is 0 Å². The van der Waals surface area contributed by atoms with Crippen molar-refractivity contribution in [1.29, 1.82) is 0 Å². The summed E-state index contributed by atoms with van der Waals surface area (Å²) in [5.74, 6) is -0.0421. The van der Waals surface area contributed by atoms with Crippen molar-refractivity contribution in [2.45, 2.75) is 19.9 Å². The summed E-state index contributed by atoms with van der Waals surface area (Å²) >= 11 is 0. The van der Waals surface area contributed by atoms with Crippen LogP contribution < -0.4 is 10.6 Å². The van der Waals surface area contributed by atoms with Crippen LogP contribution in [-0.4, -0.2) is 31.7 Å². The van der Waals surface area contributed by atoms with E-state index in [1.165, 1.54) is 0 Å². The van der Waals surface area contributed by atoms with Gasteiger partial charge in [0.15, 0.2) is 0 Å². The van der Waals surface area contributed by atoms with Gasteiger partial charge in [-0.2, -0.15) is 0 Å². The van der Waals surface area contributed by atoms with E-state index in [2.05, 4.69) is 10.6 Å². The van der Waals surface area contributed by atoms with Crippen LogP contribution in [-0.2, 0) is 9.53 Å². The van der Waals surface area contributed by atoms with E-state index < -0.39 is 0 Å². The Morgan fingerprint density at radius 1 is 1.35 bits per heavy atom. The second-order valence-electron chi connectivity index (χ2n) is 3.86. The molecule has 2 N–H and O–H groups in total. The number of carbonyl (C=O) groups excluding carboxylic acids is 1. The fourth-order valence-corrected chi connectivity index (χ4v) is 1.35. The quantitative estimate of drug-likeness (QED) is 0.756. The molecule has 17 heavy (non-hydrogen) atoms. The summed E-state index contributed by atoms with van der Waals surface area (Å²) in [5.41, 5.74) is 0.816. The van der Waals surface area contributed by atoms with E-state index in [4.69, 9.17) is 4.74 Å². The van der Waals surface area contributed by atoms with Gasteiger partial charge in [0, 0.05) is 18.3 Å². The topological polar surface area (TPSA) is 50.4 Å². The zero-order valence-electron chi connectivity index (χ0n) is 10.4. The second kappa shape index (κ2) is 7.81. The lowest BCUT2D eigenvalue weighted by atomic mass is 10.3. The number of nitrogens with one attached hydrogen (secondary N) is 2. The maximum atomic E-state index is 11.6. The number of ether oxygens (including phenoxy) is 1. The van der Waals surface area contributed by atoms with Crippen molar-refractivity contribution in [3.8, 4) is 0 Å². The van der Waals surface area contributed by atoms with E-state index in [0.717, 1.165) is 5.69 Å². The van der Waals surface area contributed by atoms with Crippen LogP contribution >= 0.6 is 0 Å². The molecule has 0 radical (unpaired) electrons. The summed E-state index contributed by atoms with van der Waals surface area (Å²) in [4.78, 5) is 11.6. The largest absolute Gasteiger partial charge is 0.380 e. The van der Waals surface area contributed by atoms with E-state index in [9.17, 15) is 4.79 Å². The molecule has 0 spiro atoms. The minimum atomic E-state index is -0.0421. The number of carbonyl (C=O) groups is 1. The number of benzene rings is 1. The normalized spacial score (nSPS) is 12.1. The number of rotatable bonds is 7. The fourth-order valence-electron chi connectivity index (χ4n) is 1.35. The van der Waals surface area contributed by atoms with Gasteiger partial charge < -0.3 is 15.4 Å². The molecule has 0 heterocycles. The molecule has 1 atom stereocenters. The molecule has 0 saturated carbocycles. The fraction of sp³-hybridized carbons (Fsp3) is 0.462. The lowest BCUT2D eigenvalue weighted by Crippen LogP contribution is -2.37. The van der Waals surface area contributed by atoms with E-state index in [0.29, 0.717) is 19.8 Å². The van der Waals surface area contributed by atoms with Gasteiger partial charge in [0.25, 0.3) is 0 Å². The van der Waals surface area contributed by atoms with Crippen molar-refractivity contribution in [2.24, 2.45) is 0 Å². The van der Waals surface area contributed by atoms with Gasteiger partial charge in [0.1, 0.15) is 0 Å². The third kappa shape index (κ3) is 6.04. The van der Waals surface area contributed by atoms with Gasteiger partial charge in [-0.25, -0.2) is 0 Å². The van der Waals surface area contributed by atoms with E-state index in [1.807, 2.05) is 44.2 Å².